The molecule has 5 nitrogen and oxygen atoms in total. The van der Waals surface area contributed by atoms with Crippen molar-refractivity contribution in [1.29, 1.82) is 0 Å². The van der Waals surface area contributed by atoms with Crippen LogP contribution in [-0.4, -0.2) is 25.3 Å². The monoisotopic (exact) mass is 350 g/mol. The van der Waals surface area contributed by atoms with Gasteiger partial charge in [0.1, 0.15) is 5.82 Å². The van der Waals surface area contributed by atoms with E-state index in [1.165, 1.54) is 18.2 Å². The third-order valence-corrected chi connectivity index (χ3v) is 3.22. The molecule has 1 N–H and O–H groups in total. The molecule has 7 heteroatoms. The molecule has 24 heavy (non-hydrogen) atoms. The molecule has 0 aliphatic carbocycles. The number of ether oxygens (including phenoxy) is 2. The highest BCUT2D eigenvalue weighted by Crippen LogP contribution is 2.26. The van der Waals surface area contributed by atoms with Crippen LogP contribution in [0.5, 0.6) is 11.5 Å². The van der Waals surface area contributed by atoms with E-state index < -0.39 is 11.7 Å². The SMILES string of the molecule is CCOc1ccccc1OCC(=O)N/N=C/c1c(F)cccc1Cl. The van der Waals surface area contributed by atoms with Crippen LogP contribution in [0.3, 0.4) is 0 Å². The lowest BCUT2D eigenvalue weighted by Gasteiger charge is -2.10. The van der Waals surface area contributed by atoms with Crippen molar-refractivity contribution in [1.82, 2.24) is 5.43 Å². The van der Waals surface area contributed by atoms with Gasteiger partial charge in [-0.25, -0.2) is 9.82 Å². The third-order valence-electron chi connectivity index (χ3n) is 2.89. The van der Waals surface area contributed by atoms with Crippen LogP contribution in [0.25, 0.3) is 0 Å². The van der Waals surface area contributed by atoms with E-state index in [0.717, 1.165) is 6.21 Å². The first-order valence-electron chi connectivity index (χ1n) is 7.22. The first-order chi connectivity index (χ1) is 11.6. The topological polar surface area (TPSA) is 59.9 Å². The normalized spacial score (nSPS) is 10.6. The fourth-order valence-corrected chi connectivity index (χ4v) is 2.03. The lowest BCUT2D eigenvalue weighted by Crippen LogP contribution is -2.24. The van der Waals surface area contributed by atoms with Crippen molar-refractivity contribution in [3.63, 3.8) is 0 Å². The molecule has 0 spiro atoms. The number of nitrogens with zero attached hydrogens (tertiary/aromatic N) is 1. The summed E-state index contributed by atoms with van der Waals surface area (Å²) in [7, 11) is 0. The van der Waals surface area contributed by atoms with E-state index in [2.05, 4.69) is 10.5 Å². The van der Waals surface area contributed by atoms with Crippen LogP contribution in [0.4, 0.5) is 4.39 Å². The minimum atomic E-state index is -0.526. The Labute approximate surface area is 144 Å². The van der Waals surface area contributed by atoms with Crippen molar-refractivity contribution < 1.29 is 18.7 Å². The summed E-state index contributed by atoms with van der Waals surface area (Å²) in [5.41, 5.74) is 2.35. The maximum absolute atomic E-state index is 13.5. The molecule has 2 aromatic rings. The standard InChI is InChI=1S/C17H16ClFN2O3/c1-2-23-15-8-3-4-9-16(15)24-11-17(22)21-20-10-12-13(18)6-5-7-14(12)19/h3-10H,2,11H2,1H3,(H,21,22)/b20-10+. The second-order valence-electron chi connectivity index (χ2n) is 4.60. The Bertz CT molecular complexity index is 717. The van der Waals surface area contributed by atoms with Crippen LogP contribution in [0.2, 0.25) is 5.02 Å². The van der Waals surface area contributed by atoms with Gasteiger partial charge >= 0.3 is 0 Å². The Hall–Kier alpha value is -2.60. The Morgan fingerprint density at radius 2 is 1.92 bits per heavy atom. The lowest BCUT2D eigenvalue weighted by atomic mass is 10.2. The van der Waals surface area contributed by atoms with Gasteiger partial charge in [0, 0.05) is 5.56 Å². The fraction of sp³-hybridized carbons (Fsp3) is 0.176. The molecule has 126 valence electrons. The Morgan fingerprint density at radius 3 is 2.58 bits per heavy atom. The molecule has 0 unspecified atom stereocenters. The van der Waals surface area contributed by atoms with Gasteiger partial charge in [-0.2, -0.15) is 5.10 Å². The van der Waals surface area contributed by atoms with Crippen molar-refractivity contribution in [3.8, 4) is 11.5 Å². The molecule has 0 saturated heterocycles. The molecule has 0 aliphatic heterocycles. The van der Waals surface area contributed by atoms with Gasteiger partial charge in [0.2, 0.25) is 0 Å². The molecule has 2 rings (SSSR count). The molecule has 2 aromatic carbocycles. The zero-order valence-corrected chi connectivity index (χ0v) is 13.7. The summed E-state index contributed by atoms with van der Waals surface area (Å²) in [5.74, 6) is -0.0162. The van der Waals surface area contributed by atoms with E-state index in [-0.39, 0.29) is 17.2 Å². The summed E-state index contributed by atoms with van der Waals surface area (Å²) in [5, 5.41) is 3.88. The first-order valence-corrected chi connectivity index (χ1v) is 7.60. The van der Waals surface area contributed by atoms with Crippen molar-refractivity contribution >= 4 is 23.7 Å². The Kier molecular flexibility index (Phi) is 6.57. The summed E-state index contributed by atoms with van der Waals surface area (Å²) in [6.45, 7) is 2.08. The Balaban J connectivity index is 1.89. The number of para-hydroxylation sites is 2. The number of hydrogen-bond donors (Lipinski definition) is 1. The van der Waals surface area contributed by atoms with Gasteiger partial charge in [-0.05, 0) is 31.2 Å². The maximum Gasteiger partial charge on any atom is 0.277 e. The van der Waals surface area contributed by atoms with E-state index in [1.807, 2.05) is 6.92 Å². The third kappa shape index (κ3) is 4.96. The number of hydrogen-bond acceptors (Lipinski definition) is 4. The second kappa shape index (κ2) is 8.88. The van der Waals surface area contributed by atoms with Crippen LogP contribution >= 0.6 is 11.6 Å². The summed E-state index contributed by atoms with van der Waals surface area (Å²) >= 11 is 5.85. The molecule has 0 atom stereocenters. The van der Waals surface area contributed by atoms with Crippen molar-refractivity contribution in [2.75, 3.05) is 13.2 Å². The number of benzene rings is 2. The molecular weight excluding hydrogens is 335 g/mol. The van der Waals surface area contributed by atoms with Crippen molar-refractivity contribution in [3.05, 3.63) is 58.9 Å². The molecule has 0 bridgehead atoms. The zero-order valence-electron chi connectivity index (χ0n) is 13.0. The molecule has 0 aliphatic rings. The van der Waals surface area contributed by atoms with Crippen LogP contribution in [-0.2, 0) is 4.79 Å². The number of rotatable bonds is 7. The minimum Gasteiger partial charge on any atom is -0.490 e. The number of carbonyl (C=O) groups excluding carboxylic acids is 1. The van der Waals surface area contributed by atoms with E-state index in [0.29, 0.717) is 18.1 Å². The molecule has 0 radical (unpaired) electrons. The number of carbonyl (C=O) groups is 1. The summed E-state index contributed by atoms with van der Waals surface area (Å²) in [4.78, 5) is 11.7. The van der Waals surface area contributed by atoms with Gasteiger partial charge < -0.3 is 9.47 Å². The number of nitrogens with one attached hydrogen (secondary N) is 1. The van der Waals surface area contributed by atoms with Crippen LogP contribution < -0.4 is 14.9 Å². The zero-order chi connectivity index (χ0) is 17.4. The maximum atomic E-state index is 13.5. The molecule has 0 heterocycles. The number of amides is 1. The lowest BCUT2D eigenvalue weighted by molar-refractivity contribution is -0.123. The van der Waals surface area contributed by atoms with Gasteiger partial charge in [-0.15, -0.1) is 0 Å². The quantitative estimate of drug-likeness (QED) is 0.615. The van der Waals surface area contributed by atoms with Gasteiger partial charge in [0.25, 0.3) is 5.91 Å². The average molecular weight is 351 g/mol. The van der Waals surface area contributed by atoms with E-state index in [9.17, 15) is 9.18 Å². The average Bonchev–Trinajstić information content (AvgIpc) is 2.57. The fourth-order valence-electron chi connectivity index (χ4n) is 1.82. The molecular formula is C17H16ClFN2O3. The largest absolute Gasteiger partial charge is 0.490 e. The Morgan fingerprint density at radius 1 is 1.21 bits per heavy atom. The number of hydrazone groups is 1. The summed E-state index contributed by atoms with van der Waals surface area (Å²) in [6.07, 6.45) is 1.14. The summed E-state index contributed by atoms with van der Waals surface area (Å²) in [6, 6.07) is 11.3. The minimum absolute atomic E-state index is 0.0991. The molecule has 0 saturated carbocycles. The first kappa shape index (κ1) is 17.7. The van der Waals surface area contributed by atoms with Crippen LogP contribution in [0.1, 0.15) is 12.5 Å². The van der Waals surface area contributed by atoms with Crippen LogP contribution in [0, 0.1) is 5.82 Å². The highest BCUT2D eigenvalue weighted by molar-refractivity contribution is 6.33. The van der Waals surface area contributed by atoms with Gasteiger partial charge in [0.15, 0.2) is 18.1 Å². The predicted molar refractivity (Wildman–Crippen MR) is 90.3 cm³/mol. The highest BCUT2D eigenvalue weighted by atomic mass is 35.5. The van der Waals surface area contributed by atoms with Crippen molar-refractivity contribution in [2.45, 2.75) is 6.92 Å². The molecule has 0 aromatic heterocycles. The van der Waals surface area contributed by atoms with Gasteiger partial charge in [-0.1, -0.05) is 29.8 Å². The molecule has 0 fully saturated rings. The van der Waals surface area contributed by atoms with E-state index in [1.54, 1.807) is 24.3 Å². The van der Waals surface area contributed by atoms with Gasteiger partial charge in [-0.3, -0.25) is 4.79 Å². The van der Waals surface area contributed by atoms with E-state index in [4.69, 9.17) is 21.1 Å². The van der Waals surface area contributed by atoms with Crippen molar-refractivity contribution in [2.24, 2.45) is 5.10 Å². The second-order valence-corrected chi connectivity index (χ2v) is 5.00. The molecule has 1 amide bonds. The smallest absolute Gasteiger partial charge is 0.277 e. The van der Waals surface area contributed by atoms with E-state index >= 15 is 0 Å². The number of halogens is 2. The highest BCUT2D eigenvalue weighted by Gasteiger charge is 2.07. The van der Waals surface area contributed by atoms with Crippen LogP contribution in [0.15, 0.2) is 47.6 Å². The van der Waals surface area contributed by atoms with Gasteiger partial charge in [0.05, 0.1) is 17.8 Å². The predicted octanol–water partition coefficient (Wildman–Crippen LogP) is 3.41. The summed E-state index contributed by atoms with van der Waals surface area (Å²) < 4.78 is 24.3.